The van der Waals surface area contributed by atoms with E-state index in [0.717, 1.165) is 37.4 Å². The van der Waals surface area contributed by atoms with Gasteiger partial charge in [0.05, 0.1) is 12.3 Å². The fourth-order valence-electron chi connectivity index (χ4n) is 3.73. The maximum Gasteiger partial charge on any atom is 0.236 e. The molecule has 5 nitrogen and oxygen atoms in total. The Labute approximate surface area is 179 Å². The second-order valence-electron chi connectivity index (χ2n) is 8.46. The van der Waals surface area contributed by atoms with Crippen molar-refractivity contribution in [1.29, 1.82) is 0 Å². The number of hydrogen-bond acceptors (Lipinski definition) is 4. The summed E-state index contributed by atoms with van der Waals surface area (Å²) < 4.78 is 0. The van der Waals surface area contributed by atoms with Crippen LogP contribution in [-0.4, -0.2) is 66.1 Å². The molecule has 1 aromatic rings. The summed E-state index contributed by atoms with van der Waals surface area (Å²) in [5, 5.41) is 3.11. The molecule has 7 heteroatoms. The predicted molar refractivity (Wildman–Crippen MR) is 117 cm³/mol. The first-order valence-corrected chi connectivity index (χ1v) is 10.8. The summed E-state index contributed by atoms with van der Waals surface area (Å²) in [5.41, 5.74) is 1.45. The Balaban J connectivity index is 0.00000280. The first-order chi connectivity index (χ1) is 12.8. The lowest BCUT2D eigenvalue weighted by Crippen LogP contribution is -2.57. The Morgan fingerprint density at radius 2 is 1.93 bits per heavy atom. The maximum atomic E-state index is 12.7. The number of hydrogen-bond donors (Lipinski definition) is 1. The third kappa shape index (κ3) is 5.88. The summed E-state index contributed by atoms with van der Waals surface area (Å²) in [6.45, 7) is 10.1. The molecule has 0 spiro atoms. The van der Waals surface area contributed by atoms with E-state index in [9.17, 15) is 9.59 Å². The van der Waals surface area contributed by atoms with Crippen molar-refractivity contribution in [2.75, 3.05) is 38.5 Å². The summed E-state index contributed by atoms with van der Waals surface area (Å²) >= 11 is 1.60. The first kappa shape index (κ1) is 23.0. The Bertz CT molecular complexity index is 675. The van der Waals surface area contributed by atoms with E-state index in [0.29, 0.717) is 18.8 Å². The second kappa shape index (κ2) is 9.99. The average molecular weight is 426 g/mol. The molecule has 1 atom stereocenters. The van der Waals surface area contributed by atoms with Crippen LogP contribution in [-0.2, 0) is 15.0 Å². The molecule has 0 aliphatic carbocycles. The summed E-state index contributed by atoms with van der Waals surface area (Å²) in [6.07, 6.45) is 1.97. The molecule has 1 unspecified atom stereocenters. The zero-order chi connectivity index (χ0) is 19.4. The van der Waals surface area contributed by atoms with Gasteiger partial charge in [0.25, 0.3) is 0 Å². The minimum absolute atomic E-state index is 0. The number of nitrogens with one attached hydrogen (secondary N) is 1. The van der Waals surface area contributed by atoms with E-state index < -0.39 is 0 Å². The third-order valence-corrected chi connectivity index (χ3v) is 6.40. The normalized spacial score (nSPS) is 20.7. The largest absolute Gasteiger partial charge is 0.340 e. The van der Waals surface area contributed by atoms with Gasteiger partial charge in [-0.1, -0.05) is 32.9 Å². The smallest absolute Gasteiger partial charge is 0.236 e. The van der Waals surface area contributed by atoms with Gasteiger partial charge in [0, 0.05) is 37.1 Å². The summed E-state index contributed by atoms with van der Waals surface area (Å²) in [4.78, 5) is 29.9. The number of piperazine rings is 1. The molecule has 3 rings (SSSR count). The lowest BCUT2D eigenvalue weighted by molar-refractivity contribution is -0.139. The van der Waals surface area contributed by atoms with Crippen LogP contribution in [0.5, 0.6) is 0 Å². The number of likely N-dealkylation sites (tertiary alicyclic amines) is 1. The number of halogens is 1. The number of piperidine rings is 1. The highest BCUT2D eigenvalue weighted by molar-refractivity contribution is 8.00. The minimum Gasteiger partial charge on any atom is -0.340 e. The van der Waals surface area contributed by atoms with E-state index in [1.807, 2.05) is 9.80 Å². The molecule has 2 heterocycles. The third-order valence-electron chi connectivity index (χ3n) is 5.40. The first-order valence-electron chi connectivity index (χ1n) is 9.86. The number of carbonyl (C=O) groups is 2. The van der Waals surface area contributed by atoms with Gasteiger partial charge in [-0.2, -0.15) is 0 Å². The van der Waals surface area contributed by atoms with Crippen LogP contribution in [0.15, 0.2) is 29.2 Å². The van der Waals surface area contributed by atoms with Crippen LogP contribution in [0.2, 0.25) is 0 Å². The highest BCUT2D eigenvalue weighted by atomic mass is 35.5. The van der Waals surface area contributed by atoms with Crippen LogP contribution in [0.25, 0.3) is 0 Å². The lowest BCUT2D eigenvalue weighted by Gasteiger charge is -2.41. The molecule has 1 N–H and O–H groups in total. The number of thioether (sulfide) groups is 1. The Morgan fingerprint density at radius 3 is 2.57 bits per heavy atom. The molecule has 2 fully saturated rings. The van der Waals surface area contributed by atoms with Crippen molar-refractivity contribution in [3.63, 3.8) is 0 Å². The van der Waals surface area contributed by atoms with Crippen molar-refractivity contribution in [3.8, 4) is 0 Å². The van der Waals surface area contributed by atoms with Gasteiger partial charge in [-0.15, -0.1) is 24.2 Å². The summed E-state index contributed by atoms with van der Waals surface area (Å²) in [7, 11) is 0. The van der Waals surface area contributed by atoms with E-state index in [1.54, 1.807) is 11.8 Å². The highest BCUT2D eigenvalue weighted by Crippen LogP contribution is 2.26. The predicted octanol–water partition coefficient (Wildman–Crippen LogP) is 2.92. The number of nitrogens with zero attached hydrogens (tertiary/aromatic N) is 2. The summed E-state index contributed by atoms with van der Waals surface area (Å²) in [5.74, 6) is 0.790. The Morgan fingerprint density at radius 1 is 1.21 bits per heavy atom. The van der Waals surface area contributed by atoms with Crippen molar-refractivity contribution in [2.24, 2.45) is 0 Å². The van der Waals surface area contributed by atoms with Gasteiger partial charge in [-0.25, -0.2) is 0 Å². The van der Waals surface area contributed by atoms with Crippen LogP contribution in [0, 0.1) is 0 Å². The van der Waals surface area contributed by atoms with E-state index >= 15 is 0 Å². The van der Waals surface area contributed by atoms with Gasteiger partial charge in [-0.05, 0) is 36.0 Å². The van der Waals surface area contributed by atoms with Crippen LogP contribution in [0.3, 0.4) is 0 Å². The lowest BCUT2D eigenvalue weighted by atomic mass is 9.87. The topological polar surface area (TPSA) is 52.7 Å². The van der Waals surface area contributed by atoms with Crippen molar-refractivity contribution in [1.82, 2.24) is 15.1 Å². The molecule has 2 aliphatic heterocycles. The van der Waals surface area contributed by atoms with Crippen LogP contribution < -0.4 is 5.32 Å². The molecule has 2 aliphatic rings. The molecule has 2 amide bonds. The standard InChI is InChI=1S/C21H31N3O2S.ClH/c1-21(2,3)16-6-8-18(9-7-16)27-15-20(26)23-11-4-5-17(14-23)24-12-10-22-13-19(24)25;/h6-9,17,22H,4-5,10-15H2,1-3H3;1H. The zero-order valence-electron chi connectivity index (χ0n) is 17.1. The quantitative estimate of drug-likeness (QED) is 0.753. The Kier molecular flexibility index (Phi) is 8.22. The summed E-state index contributed by atoms with van der Waals surface area (Å²) in [6, 6.07) is 8.70. The van der Waals surface area contributed by atoms with E-state index in [-0.39, 0.29) is 35.7 Å². The number of benzene rings is 1. The minimum atomic E-state index is 0. The van der Waals surface area contributed by atoms with E-state index in [1.165, 1.54) is 5.56 Å². The van der Waals surface area contributed by atoms with Crippen molar-refractivity contribution < 1.29 is 9.59 Å². The molecule has 2 saturated heterocycles. The van der Waals surface area contributed by atoms with E-state index in [4.69, 9.17) is 0 Å². The molecule has 1 aromatic carbocycles. The van der Waals surface area contributed by atoms with Crippen LogP contribution in [0.4, 0.5) is 0 Å². The number of rotatable bonds is 4. The van der Waals surface area contributed by atoms with E-state index in [2.05, 4.69) is 50.4 Å². The van der Waals surface area contributed by atoms with Crippen molar-refractivity contribution in [3.05, 3.63) is 29.8 Å². The second-order valence-corrected chi connectivity index (χ2v) is 9.51. The molecular weight excluding hydrogens is 394 g/mol. The zero-order valence-corrected chi connectivity index (χ0v) is 18.7. The van der Waals surface area contributed by atoms with Crippen molar-refractivity contribution >= 4 is 36.0 Å². The molecule has 0 aromatic heterocycles. The monoisotopic (exact) mass is 425 g/mol. The molecular formula is C21H32ClN3O2S. The molecule has 28 heavy (non-hydrogen) atoms. The number of amides is 2. The molecule has 0 bridgehead atoms. The molecule has 0 radical (unpaired) electrons. The Hall–Kier alpha value is -1.24. The number of carbonyl (C=O) groups excluding carboxylic acids is 2. The average Bonchev–Trinajstić information content (AvgIpc) is 2.66. The van der Waals surface area contributed by atoms with Crippen LogP contribution >= 0.6 is 24.2 Å². The van der Waals surface area contributed by atoms with Crippen molar-refractivity contribution in [2.45, 2.75) is 50.0 Å². The van der Waals surface area contributed by atoms with Gasteiger partial charge in [0.1, 0.15) is 0 Å². The fraction of sp³-hybridized carbons (Fsp3) is 0.619. The fourth-order valence-corrected chi connectivity index (χ4v) is 4.53. The SMILES string of the molecule is CC(C)(C)c1ccc(SCC(=O)N2CCCC(N3CCNCC3=O)C2)cc1.Cl. The van der Waals surface area contributed by atoms with Gasteiger partial charge < -0.3 is 15.1 Å². The maximum absolute atomic E-state index is 12.7. The molecule has 0 saturated carbocycles. The van der Waals surface area contributed by atoms with Gasteiger partial charge >= 0.3 is 0 Å². The van der Waals surface area contributed by atoms with Gasteiger partial charge in [0.2, 0.25) is 11.8 Å². The van der Waals surface area contributed by atoms with Gasteiger partial charge in [-0.3, -0.25) is 9.59 Å². The highest BCUT2D eigenvalue weighted by Gasteiger charge is 2.31. The van der Waals surface area contributed by atoms with Crippen LogP contribution in [0.1, 0.15) is 39.2 Å². The van der Waals surface area contributed by atoms with Gasteiger partial charge in [0.15, 0.2) is 0 Å². The molecule has 156 valence electrons.